The molecular weight excluding hydrogens is 360 g/mol. The third kappa shape index (κ3) is 6.95. The van der Waals surface area contributed by atoms with Crippen LogP contribution in [0.5, 0.6) is 0 Å². The number of hydrogen-bond acceptors (Lipinski definition) is 5. The van der Waals surface area contributed by atoms with Crippen LogP contribution in [0.15, 0.2) is 41.8 Å². The predicted molar refractivity (Wildman–Crippen MR) is 96.4 cm³/mol. The molecule has 1 amide bonds. The van der Waals surface area contributed by atoms with Crippen LogP contribution in [0.25, 0.3) is 0 Å². The summed E-state index contributed by atoms with van der Waals surface area (Å²) in [5.74, 6) is -1.72. The summed E-state index contributed by atoms with van der Waals surface area (Å²) in [6.07, 6.45) is 1.47. The number of benzene rings is 1. The molecule has 1 rings (SSSR count). The van der Waals surface area contributed by atoms with Crippen molar-refractivity contribution in [1.82, 2.24) is 10.0 Å². The number of hydrogen-bond donors (Lipinski definition) is 3. The fourth-order valence-electron chi connectivity index (χ4n) is 1.83. The summed E-state index contributed by atoms with van der Waals surface area (Å²) >= 11 is 0. The number of carboxylic acids is 1. The molecule has 1 aromatic carbocycles. The second-order valence-corrected chi connectivity index (χ2v) is 7.73. The summed E-state index contributed by atoms with van der Waals surface area (Å²) in [6.45, 7) is 7.47. The molecular formula is C17H24N2O6S. The molecule has 26 heavy (non-hydrogen) atoms. The number of carbonyl (C=O) groups is 2. The van der Waals surface area contributed by atoms with Crippen molar-refractivity contribution < 1.29 is 27.9 Å². The van der Waals surface area contributed by atoms with Gasteiger partial charge in [-0.05, 0) is 30.2 Å². The Hall–Kier alpha value is -2.23. The van der Waals surface area contributed by atoms with Crippen molar-refractivity contribution in [2.75, 3.05) is 19.8 Å². The van der Waals surface area contributed by atoms with Crippen molar-refractivity contribution in [3.05, 3.63) is 42.5 Å². The molecule has 9 heteroatoms. The summed E-state index contributed by atoms with van der Waals surface area (Å²) in [4.78, 5) is 23.3. The first kappa shape index (κ1) is 21.8. The van der Waals surface area contributed by atoms with Crippen molar-refractivity contribution in [2.24, 2.45) is 5.92 Å². The van der Waals surface area contributed by atoms with E-state index in [0.29, 0.717) is 6.54 Å². The van der Waals surface area contributed by atoms with Gasteiger partial charge in [-0.1, -0.05) is 19.9 Å². The summed E-state index contributed by atoms with van der Waals surface area (Å²) in [5, 5.41) is 11.4. The molecule has 0 radical (unpaired) electrons. The zero-order valence-corrected chi connectivity index (χ0v) is 15.6. The first-order chi connectivity index (χ1) is 12.2. The van der Waals surface area contributed by atoms with Crippen LogP contribution >= 0.6 is 0 Å². The van der Waals surface area contributed by atoms with Crippen LogP contribution in [-0.4, -0.2) is 51.2 Å². The van der Waals surface area contributed by atoms with E-state index in [0.717, 1.165) is 0 Å². The van der Waals surface area contributed by atoms with Crippen molar-refractivity contribution >= 4 is 21.9 Å². The summed E-state index contributed by atoms with van der Waals surface area (Å²) in [5.41, 5.74) is 0.141. The van der Waals surface area contributed by atoms with Crippen LogP contribution in [0.4, 0.5) is 0 Å². The highest BCUT2D eigenvalue weighted by molar-refractivity contribution is 7.89. The molecule has 0 saturated carbocycles. The first-order valence-electron chi connectivity index (χ1n) is 7.99. The van der Waals surface area contributed by atoms with E-state index in [-0.39, 0.29) is 29.6 Å². The van der Waals surface area contributed by atoms with Crippen LogP contribution < -0.4 is 10.0 Å². The summed E-state index contributed by atoms with van der Waals surface area (Å²) in [6, 6.07) is 4.01. The largest absolute Gasteiger partial charge is 0.480 e. The molecule has 0 aliphatic rings. The van der Waals surface area contributed by atoms with Crippen molar-refractivity contribution in [2.45, 2.75) is 24.8 Å². The second-order valence-electron chi connectivity index (χ2n) is 5.96. The third-order valence-electron chi connectivity index (χ3n) is 3.23. The van der Waals surface area contributed by atoms with Gasteiger partial charge in [0.2, 0.25) is 10.0 Å². The Morgan fingerprint density at radius 2 is 1.88 bits per heavy atom. The molecule has 0 heterocycles. The van der Waals surface area contributed by atoms with Gasteiger partial charge in [0, 0.05) is 12.1 Å². The minimum atomic E-state index is -3.65. The molecule has 0 spiro atoms. The molecule has 1 atom stereocenters. The highest BCUT2D eigenvalue weighted by atomic mass is 32.2. The van der Waals surface area contributed by atoms with E-state index >= 15 is 0 Å². The summed E-state index contributed by atoms with van der Waals surface area (Å²) in [7, 11) is -3.65. The Bertz CT molecular complexity index is 728. The second kappa shape index (κ2) is 10.0. The zero-order chi connectivity index (χ0) is 19.7. The van der Waals surface area contributed by atoms with Gasteiger partial charge in [0.15, 0.2) is 6.04 Å². The average Bonchev–Trinajstić information content (AvgIpc) is 2.59. The molecule has 1 unspecified atom stereocenters. The van der Waals surface area contributed by atoms with Gasteiger partial charge in [-0.2, -0.15) is 0 Å². The molecule has 144 valence electrons. The highest BCUT2D eigenvalue weighted by Gasteiger charge is 2.21. The van der Waals surface area contributed by atoms with Crippen molar-refractivity contribution in [3.63, 3.8) is 0 Å². The molecule has 0 aromatic heterocycles. The van der Waals surface area contributed by atoms with Gasteiger partial charge in [-0.15, -0.1) is 6.58 Å². The number of ether oxygens (including phenoxy) is 1. The topological polar surface area (TPSA) is 122 Å². The summed E-state index contributed by atoms with van der Waals surface area (Å²) < 4.78 is 31.8. The predicted octanol–water partition coefficient (Wildman–Crippen LogP) is 1.01. The maximum atomic E-state index is 12.2. The van der Waals surface area contributed by atoms with Gasteiger partial charge in [0.1, 0.15) is 0 Å². The Balaban J connectivity index is 2.78. The Kier molecular flexibility index (Phi) is 8.43. The van der Waals surface area contributed by atoms with E-state index in [2.05, 4.69) is 16.6 Å². The minimum absolute atomic E-state index is 0.0267. The maximum Gasteiger partial charge on any atom is 0.328 e. The number of aliphatic carboxylic acids is 1. The third-order valence-corrected chi connectivity index (χ3v) is 4.67. The Labute approximate surface area is 153 Å². The van der Waals surface area contributed by atoms with E-state index in [1.165, 1.54) is 30.3 Å². The Morgan fingerprint density at radius 1 is 1.27 bits per heavy atom. The zero-order valence-electron chi connectivity index (χ0n) is 14.8. The van der Waals surface area contributed by atoms with Crippen LogP contribution in [0.2, 0.25) is 0 Å². The van der Waals surface area contributed by atoms with Gasteiger partial charge < -0.3 is 15.2 Å². The van der Waals surface area contributed by atoms with Gasteiger partial charge in [0.25, 0.3) is 5.91 Å². The minimum Gasteiger partial charge on any atom is -0.480 e. The standard InChI is InChI=1S/C17H24N2O6S/c1-4-9-25-11-15(17(21)22)19-16(20)13-5-7-14(8-6-13)26(23,24)18-10-12(2)3/h4-8,12,15,18H,1,9-11H2,2-3H3,(H,19,20)(H,21,22). The number of rotatable bonds is 11. The molecule has 0 aliphatic carbocycles. The van der Waals surface area contributed by atoms with E-state index < -0.39 is 27.9 Å². The van der Waals surface area contributed by atoms with E-state index in [4.69, 9.17) is 9.84 Å². The molecule has 3 N–H and O–H groups in total. The number of nitrogens with one attached hydrogen (secondary N) is 2. The number of carboxylic acid groups (broad SMARTS) is 1. The maximum absolute atomic E-state index is 12.2. The van der Waals surface area contributed by atoms with Crippen molar-refractivity contribution in [1.29, 1.82) is 0 Å². The lowest BCUT2D eigenvalue weighted by Gasteiger charge is -2.14. The quantitative estimate of drug-likeness (QED) is 0.387. The molecule has 0 aliphatic heterocycles. The number of sulfonamides is 1. The fraction of sp³-hybridized carbons (Fsp3) is 0.412. The Morgan fingerprint density at radius 3 is 2.38 bits per heavy atom. The molecule has 8 nitrogen and oxygen atoms in total. The van der Waals surface area contributed by atoms with Crippen LogP contribution in [0.1, 0.15) is 24.2 Å². The molecule has 0 bridgehead atoms. The van der Waals surface area contributed by atoms with Gasteiger partial charge in [-0.3, -0.25) is 4.79 Å². The van der Waals surface area contributed by atoms with Crippen molar-refractivity contribution in [3.8, 4) is 0 Å². The van der Waals surface area contributed by atoms with Crippen LogP contribution in [-0.2, 0) is 19.6 Å². The monoisotopic (exact) mass is 384 g/mol. The van der Waals surface area contributed by atoms with Gasteiger partial charge >= 0.3 is 5.97 Å². The molecule has 0 saturated heterocycles. The molecule has 0 fully saturated rings. The van der Waals surface area contributed by atoms with Crippen LogP contribution in [0, 0.1) is 5.92 Å². The lowest BCUT2D eigenvalue weighted by Crippen LogP contribution is -2.44. The van der Waals surface area contributed by atoms with E-state index in [1.54, 1.807) is 0 Å². The van der Waals surface area contributed by atoms with Crippen LogP contribution in [0.3, 0.4) is 0 Å². The highest BCUT2D eigenvalue weighted by Crippen LogP contribution is 2.11. The lowest BCUT2D eigenvalue weighted by atomic mass is 10.2. The average molecular weight is 384 g/mol. The van der Waals surface area contributed by atoms with E-state index in [9.17, 15) is 18.0 Å². The smallest absolute Gasteiger partial charge is 0.328 e. The SMILES string of the molecule is C=CCOCC(NC(=O)c1ccc(S(=O)(=O)NCC(C)C)cc1)C(=O)O. The number of amides is 1. The van der Waals surface area contributed by atoms with Gasteiger partial charge in [-0.25, -0.2) is 17.9 Å². The van der Waals surface area contributed by atoms with E-state index in [1.807, 2.05) is 13.8 Å². The normalized spacial score (nSPS) is 12.6. The lowest BCUT2D eigenvalue weighted by molar-refractivity contribution is -0.140. The molecule has 1 aromatic rings. The number of carbonyl (C=O) groups excluding carboxylic acids is 1. The van der Waals surface area contributed by atoms with Gasteiger partial charge in [0.05, 0.1) is 18.1 Å². The first-order valence-corrected chi connectivity index (χ1v) is 9.47. The fourth-order valence-corrected chi connectivity index (χ4v) is 3.04.